The summed E-state index contributed by atoms with van der Waals surface area (Å²) in [5.41, 5.74) is 3.41. The first-order valence-corrected chi connectivity index (χ1v) is 10.2. The summed E-state index contributed by atoms with van der Waals surface area (Å²) in [7, 11) is 1.23. The number of anilines is 1. The molecule has 2 aromatic heterocycles. The van der Waals surface area contributed by atoms with Gasteiger partial charge in [0.15, 0.2) is 11.2 Å². The van der Waals surface area contributed by atoms with E-state index in [2.05, 4.69) is 15.0 Å². The highest BCUT2D eigenvalue weighted by atomic mass is 19.4. The molecule has 1 amide bonds. The molecule has 2 aromatic rings. The van der Waals surface area contributed by atoms with Crippen LogP contribution < -0.4 is 27.2 Å². The van der Waals surface area contributed by atoms with Crippen LogP contribution in [0.2, 0.25) is 0 Å². The molecule has 1 aliphatic heterocycles. The molecular formula is C19H24F3N7O5. The van der Waals surface area contributed by atoms with E-state index in [4.69, 9.17) is 5.73 Å². The van der Waals surface area contributed by atoms with Gasteiger partial charge in [-0.15, -0.1) is 0 Å². The molecule has 34 heavy (non-hydrogen) atoms. The number of carbonyl (C=O) groups excluding carboxylic acids is 2. The molecule has 0 aromatic carbocycles. The number of hydrogen-bond donors (Lipinski definition) is 2. The Bertz CT molecular complexity index is 1260. The Morgan fingerprint density at radius 2 is 1.85 bits per heavy atom. The zero-order valence-electron chi connectivity index (χ0n) is 18.7. The number of hydrogen-bond acceptors (Lipinski definition) is 8. The van der Waals surface area contributed by atoms with Gasteiger partial charge in [0.2, 0.25) is 5.95 Å². The summed E-state index contributed by atoms with van der Waals surface area (Å²) in [4.78, 5) is 55.9. The number of halogens is 3. The lowest BCUT2D eigenvalue weighted by molar-refractivity contribution is -0.209. The lowest BCUT2D eigenvalue weighted by Gasteiger charge is -2.28. The molecule has 3 N–H and O–H groups in total. The third-order valence-electron chi connectivity index (χ3n) is 5.17. The van der Waals surface area contributed by atoms with Gasteiger partial charge in [-0.25, -0.2) is 14.2 Å². The maximum Gasteiger partial charge on any atom is 0.491 e. The van der Waals surface area contributed by atoms with Gasteiger partial charge in [0.25, 0.3) is 17.7 Å². The first-order chi connectivity index (χ1) is 15.8. The Morgan fingerprint density at radius 3 is 2.38 bits per heavy atom. The summed E-state index contributed by atoms with van der Waals surface area (Å²) in [5, 5.41) is 3.18. The lowest BCUT2D eigenvalue weighted by Crippen LogP contribution is -2.48. The van der Waals surface area contributed by atoms with Gasteiger partial charge in [0.05, 0.1) is 0 Å². The zero-order valence-corrected chi connectivity index (χ0v) is 18.7. The molecule has 1 unspecified atom stereocenters. The van der Waals surface area contributed by atoms with E-state index in [0.717, 1.165) is 10.1 Å². The molecule has 3 heterocycles. The van der Waals surface area contributed by atoms with E-state index in [1.165, 1.54) is 11.6 Å². The van der Waals surface area contributed by atoms with Crippen molar-refractivity contribution >= 4 is 29.0 Å². The fraction of sp³-hybridized carbons (Fsp3) is 0.526. The molecule has 1 atom stereocenters. The highest BCUT2D eigenvalue weighted by molar-refractivity contribution is 5.83. The highest BCUT2D eigenvalue weighted by Gasteiger charge is 2.44. The van der Waals surface area contributed by atoms with Crippen LogP contribution in [-0.4, -0.2) is 62.9 Å². The average molecular weight is 487 g/mol. The number of piperazine rings is 1. The Kier molecular flexibility index (Phi) is 6.86. The van der Waals surface area contributed by atoms with Crippen molar-refractivity contribution in [2.45, 2.75) is 32.8 Å². The second-order valence-electron chi connectivity index (χ2n) is 7.89. The molecule has 0 saturated carbocycles. The van der Waals surface area contributed by atoms with Gasteiger partial charge in [-0.1, -0.05) is 11.6 Å². The van der Waals surface area contributed by atoms with Crippen molar-refractivity contribution in [3.05, 3.63) is 32.5 Å². The summed E-state index contributed by atoms with van der Waals surface area (Å²) in [5.74, 6) is -4.04. The molecule has 15 heteroatoms. The van der Waals surface area contributed by atoms with Crippen LogP contribution in [0.4, 0.5) is 19.1 Å². The molecular weight excluding hydrogens is 463 g/mol. The summed E-state index contributed by atoms with van der Waals surface area (Å²) < 4.78 is 44.8. The van der Waals surface area contributed by atoms with Crippen LogP contribution >= 0.6 is 0 Å². The number of primary amides is 1. The summed E-state index contributed by atoms with van der Waals surface area (Å²) in [6, 6.07) is 0. The number of allylic oxidation sites excluding steroid dienone is 2. The summed E-state index contributed by atoms with van der Waals surface area (Å²) in [6.07, 6.45) is -6.30. The number of carbonyl (C=O) groups is 2. The third kappa shape index (κ3) is 4.69. The normalized spacial score (nSPS) is 15.3. The zero-order chi connectivity index (χ0) is 25.4. The van der Waals surface area contributed by atoms with Crippen molar-refractivity contribution in [2.75, 3.05) is 31.1 Å². The van der Waals surface area contributed by atoms with E-state index in [-0.39, 0.29) is 22.3 Å². The molecule has 1 fully saturated rings. The van der Waals surface area contributed by atoms with Crippen LogP contribution in [0.3, 0.4) is 0 Å². The van der Waals surface area contributed by atoms with E-state index in [9.17, 15) is 32.3 Å². The number of aryl methyl sites for hydroxylation is 1. The fourth-order valence-corrected chi connectivity index (χ4v) is 3.49. The van der Waals surface area contributed by atoms with Crippen LogP contribution in [0.15, 0.2) is 21.2 Å². The Hall–Kier alpha value is -3.62. The number of amides is 1. The molecule has 1 saturated heterocycles. The first-order valence-electron chi connectivity index (χ1n) is 10.2. The van der Waals surface area contributed by atoms with Crippen LogP contribution in [0.5, 0.6) is 0 Å². The van der Waals surface area contributed by atoms with E-state index in [1.54, 1.807) is 6.08 Å². The molecule has 0 spiro atoms. The van der Waals surface area contributed by atoms with E-state index < -0.39 is 35.5 Å². The predicted molar refractivity (Wildman–Crippen MR) is 114 cm³/mol. The largest absolute Gasteiger partial charge is 0.491 e. The first kappa shape index (κ1) is 25.0. The SMILES string of the molecule is CC(C)=CCn1c(N2CCNCC2)nc2c1c(=O)n(C(OC(=O)C(F)(F)F)C(N)=O)c(=O)n2C. The number of ether oxygens (including phenoxy) is 1. The number of imidazole rings is 1. The Balaban J connectivity index is 2.31. The number of alkyl halides is 3. The quantitative estimate of drug-likeness (QED) is 0.404. The van der Waals surface area contributed by atoms with Crippen molar-refractivity contribution in [3.63, 3.8) is 0 Å². The molecule has 3 rings (SSSR count). The molecule has 12 nitrogen and oxygen atoms in total. The van der Waals surface area contributed by atoms with Crippen LogP contribution in [0.25, 0.3) is 11.2 Å². The van der Waals surface area contributed by atoms with E-state index in [0.29, 0.717) is 32.1 Å². The molecule has 0 bridgehead atoms. The second kappa shape index (κ2) is 9.32. The minimum atomic E-state index is -5.48. The van der Waals surface area contributed by atoms with Gasteiger partial charge in [-0.3, -0.25) is 14.2 Å². The number of aromatic nitrogens is 4. The van der Waals surface area contributed by atoms with Crippen LogP contribution in [-0.2, 0) is 27.9 Å². The number of rotatable bonds is 6. The minimum absolute atomic E-state index is 0.0488. The van der Waals surface area contributed by atoms with Crippen LogP contribution in [0.1, 0.15) is 20.1 Å². The standard InChI is InChI=1S/C19H24F3N7O5/c1-10(2)4-7-28-11-13(25-17(28)27-8-5-24-6-9-27)26(3)18(33)29(14(11)31)15(12(23)30)34-16(32)19(20,21)22/h4,15,24H,5-9H2,1-3H3,(H2,23,30). The topological polar surface area (TPSA) is 146 Å². The number of esters is 1. The Labute approximate surface area is 190 Å². The highest BCUT2D eigenvalue weighted by Crippen LogP contribution is 2.23. The third-order valence-corrected chi connectivity index (χ3v) is 5.17. The minimum Gasteiger partial charge on any atom is -0.424 e. The van der Waals surface area contributed by atoms with Gasteiger partial charge in [0.1, 0.15) is 0 Å². The number of fused-ring (bicyclic) bond motifs is 1. The van der Waals surface area contributed by atoms with Crippen molar-refractivity contribution in [1.82, 2.24) is 24.0 Å². The molecule has 0 radical (unpaired) electrons. The maximum absolute atomic E-state index is 13.4. The molecule has 1 aliphatic rings. The van der Waals surface area contributed by atoms with Crippen LogP contribution in [0, 0.1) is 0 Å². The van der Waals surface area contributed by atoms with Crippen molar-refractivity contribution in [3.8, 4) is 0 Å². The number of nitrogens with one attached hydrogen (secondary N) is 1. The van der Waals surface area contributed by atoms with E-state index in [1.807, 2.05) is 18.7 Å². The number of nitrogens with zero attached hydrogens (tertiary/aromatic N) is 5. The predicted octanol–water partition coefficient (Wildman–Crippen LogP) is -0.638. The van der Waals surface area contributed by atoms with Crippen molar-refractivity contribution in [2.24, 2.45) is 12.8 Å². The van der Waals surface area contributed by atoms with Gasteiger partial charge in [-0.2, -0.15) is 18.2 Å². The van der Waals surface area contributed by atoms with Crippen molar-refractivity contribution in [1.29, 1.82) is 0 Å². The second-order valence-corrected chi connectivity index (χ2v) is 7.89. The summed E-state index contributed by atoms with van der Waals surface area (Å²) >= 11 is 0. The van der Waals surface area contributed by atoms with Gasteiger partial charge >= 0.3 is 17.8 Å². The van der Waals surface area contributed by atoms with E-state index >= 15 is 0 Å². The van der Waals surface area contributed by atoms with Gasteiger partial charge < -0.3 is 25.3 Å². The lowest BCUT2D eigenvalue weighted by atomic mass is 10.3. The van der Waals surface area contributed by atoms with Gasteiger partial charge in [0, 0.05) is 39.8 Å². The smallest absolute Gasteiger partial charge is 0.424 e. The van der Waals surface area contributed by atoms with Crippen molar-refractivity contribution < 1.29 is 27.5 Å². The fourth-order valence-electron chi connectivity index (χ4n) is 3.49. The summed E-state index contributed by atoms with van der Waals surface area (Å²) in [6.45, 7) is 6.20. The maximum atomic E-state index is 13.4. The Morgan fingerprint density at radius 1 is 1.24 bits per heavy atom. The average Bonchev–Trinajstić information content (AvgIpc) is 3.15. The van der Waals surface area contributed by atoms with Gasteiger partial charge in [-0.05, 0) is 13.8 Å². The molecule has 186 valence electrons. The monoisotopic (exact) mass is 487 g/mol. The molecule has 0 aliphatic carbocycles. The number of nitrogens with two attached hydrogens (primary N) is 1.